The molecule has 0 bridgehead atoms. The van der Waals surface area contributed by atoms with E-state index in [9.17, 15) is 4.39 Å². The molecule has 0 aromatic carbocycles. The highest BCUT2D eigenvalue weighted by molar-refractivity contribution is 5.25. The molecule has 0 saturated carbocycles. The van der Waals surface area contributed by atoms with Gasteiger partial charge in [-0.2, -0.15) is 0 Å². The Bertz CT molecular complexity index is 193. The van der Waals surface area contributed by atoms with Crippen LogP contribution in [0.1, 0.15) is 27.2 Å². The van der Waals surface area contributed by atoms with Crippen LogP contribution >= 0.6 is 0 Å². The molecule has 0 nitrogen and oxygen atoms in total. The Hall–Kier alpha value is -0.850. The molecule has 0 amide bonds. The molecule has 0 aliphatic carbocycles. The molecule has 0 heterocycles. The van der Waals surface area contributed by atoms with E-state index in [1.807, 2.05) is 13.0 Å². The standard InChI is InChI=1S/C10H15F/c1-5-8(2)6-7-9(3)10(4)11/h6-7H,2,5H2,1,3-4H3/b7-6-,10-9+. The Morgan fingerprint density at radius 3 is 2.27 bits per heavy atom. The van der Waals surface area contributed by atoms with Gasteiger partial charge in [-0.15, -0.1) is 0 Å². The van der Waals surface area contributed by atoms with E-state index >= 15 is 0 Å². The second-order valence-electron chi connectivity index (χ2n) is 2.56. The summed E-state index contributed by atoms with van der Waals surface area (Å²) in [7, 11) is 0. The van der Waals surface area contributed by atoms with Crippen LogP contribution in [0, 0.1) is 0 Å². The molecule has 1 heteroatoms. The minimum absolute atomic E-state index is 0.134. The maximum atomic E-state index is 12.4. The molecule has 11 heavy (non-hydrogen) atoms. The molecular weight excluding hydrogens is 139 g/mol. The SMILES string of the molecule is C=C(/C=C\C(C)=C(/C)F)CC. The topological polar surface area (TPSA) is 0 Å². The lowest BCUT2D eigenvalue weighted by atomic mass is 10.2. The van der Waals surface area contributed by atoms with Crippen LogP contribution in [0.15, 0.2) is 35.7 Å². The molecule has 0 spiro atoms. The highest BCUT2D eigenvalue weighted by Crippen LogP contribution is 2.07. The Morgan fingerprint density at radius 1 is 1.36 bits per heavy atom. The van der Waals surface area contributed by atoms with Crippen molar-refractivity contribution >= 4 is 0 Å². The third kappa shape index (κ3) is 4.54. The fourth-order valence-corrected chi connectivity index (χ4v) is 0.476. The molecule has 0 unspecified atom stereocenters. The maximum Gasteiger partial charge on any atom is 0.0997 e. The molecular formula is C10H15F. The monoisotopic (exact) mass is 154 g/mol. The summed E-state index contributed by atoms with van der Waals surface area (Å²) in [6.45, 7) is 8.99. The van der Waals surface area contributed by atoms with Gasteiger partial charge in [-0.25, -0.2) is 4.39 Å². The predicted octanol–water partition coefficient (Wildman–Crippen LogP) is 3.77. The summed E-state index contributed by atoms with van der Waals surface area (Å²) in [4.78, 5) is 0. The van der Waals surface area contributed by atoms with E-state index in [4.69, 9.17) is 0 Å². The molecule has 0 N–H and O–H groups in total. The van der Waals surface area contributed by atoms with Crippen LogP contribution in [0.5, 0.6) is 0 Å². The number of rotatable bonds is 3. The van der Waals surface area contributed by atoms with Gasteiger partial charge in [0.1, 0.15) is 0 Å². The van der Waals surface area contributed by atoms with Crippen LogP contribution in [0.4, 0.5) is 4.39 Å². The van der Waals surface area contributed by atoms with E-state index in [0.29, 0.717) is 5.57 Å². The highest BCUT2D eigenvalue weighted by atomic mass is 19.1. The quantitative estimate of drug-likeness (QED) is 0.543. The number of hydrogen-bond donors (Lipinski definition) is 0. The minimum atomic E-state index is -0.134. The first-order valence-corrected chi connectivity index (χ1v) is 3.76. The van der Waals surface area contributed by atoms with Crippen molar-refractivity contribution in [2.75, 3.05) is 0 Å². The Kier molecular flexibility index (Phi) is 4.51. The van der Waals surface area contributed by atoms with Gasteiger partial charge >= 0.3 is 0 Å². The van der Waals surface area contributed by atoms with Gasteiger partial charge in [-0.1, -0.05) is 31.2 Å². The van der Waals surface area contributed by atoms with E-state index in [-0.39, 0.29) is 5.83 Å². The van der Waals surface area contributed by atoms with Gasteiger partial charge in [-0.05, 0) is 25.8 Å². The number of hydrogen-bond acceptors (Lipinski definition) is 0. The largest absolute Gasteiger partial charge is 0.212 e. The molecule has 0 rings (SSSR count). The van der Waals surface area contributed by atoms with Gasteiger partial charge in [0.25, 0.3) is 0 Å². The molecule has 0 radical (unpaired) electrons. The van der Waals surface area contributed by atoms with Gasteiger partial charge in [0.05, 0.1) is 5.83 Å². The molecule has 0 atom stereocenters. The van der Waals surface area contributed by atoms with Crippen LogP contribution in [0.2, 0.25) is 0 Å². The fourth-order valence-electron chi connectivity index (χ4n) is 0.476. The summed E-state index contributed by atoms with van der Waals surface area (Å²) in [5.74, 6) is -0.134. The maximum absolute atomic E-state index is 12.4. The second kappa shape index (κ2) is 4.89. The normalized spacial score (nSPS) is 13.5. The van der Waals surface area contributed by atoms with Gasteiger partial charge in [0, 0.05) is 0 Å². The van der Waals surface area contributed by atoms with Gasteiger partial charge < -0.3 is 0 Å². The van der Waals surface area contributed by atoms with Crippen LogP contribution < -0.4 is 0 Å². The summed E-state index contributed by atoms with van der Waals surface area (Å²) in [5, 5.41) is 0. The summed E-state index contributed by atoms with van der Waals surface area (Å²) in [6.07, 6.45) is 4.51. The molecule has 0 aromatic rings. The Labute approximate surface area is 68.1 Å². The van der Waals surface area contributed by atoms with Gasteiger partial charge in [-0.3, -0.25) is 0 Å². The third-order valence-electron chi connectivity index (χ3n) is 1.57. The summed E-state index contributed by atoms with van der Waals surface area (Å²) in [6, 6.07) is 0. The lowest BCUT2D eigenvalue weighted by Crippen LogP contribution is -1.74. The first kappa shape index (κ1) is 10.2. The zero-order chi connectivity index (χ0) is 8.85. The van der Waals surface area contributed by atoms with Crippen LogP contribution in [0.3, 0.4) is 0 Å². The van der Waals surface area contributed by atoms with Crippen molar-refractivity contribution in [3.05, 3.63) is 35.7 Å². The van der Waals surface area contributed by atoms with Crippen molar-refractivity contribution in [2.24, 2.45) is 0 Å². The van der Waals surface area contributed by atoms with Crippen molar-refractivity contribution in [2.45, 2.75) is 27.2 Å². The zero-order valence-corrected chi connectivity index (χ0v) is 7.45. The van der Waals surface area contributed by atoms with E-state index < -0.39 is 0 Å². The van der Waals surface area contributed by atoms with Crippen LogP contribution in [-0.2, 0) is 0 Å². The summed E-state index contributed by atoms with van der Waals surface area (Å²) < 4.78 is 12.4. The predicted molar refractivity (Wildman–Crippen MR) is 48.1 cm³/mol. The van der Waals surface area contributed by atoms with Crippen LogP contribution in [0.25, 0.3) is 0 Å². The van der Waals surface area contributed by atoms with E-state index in [2.05, 4.69) is 6.58 Å². The van der Waals surface area contributed by atoms with Crippen molar-refractivity contribution in [3.63, 3.8) is 0 Å². The van der Waals surface area contributed by atoms with Crippen molar-refractivity contribution in [3.8, 4) is 0 Å². The minimum Gasteiger partial charge on any atom is -0.212 e. The van der Waals surface area contributed by atoms with E-state index in [1.54, 1.807) is 13.0 Å². The molecule has 0 aliphatic heterocycles. The molecule has 62 valence electrons. The van der Waals surface area contributed by atoms with Crippen molar-refractivity contribution < 1.29 is 4.39 Å². The number of halogens is 1. The lowest BCUT2D eigenvalue weighted by Gasteiger charge is -1.93. The Balaban J connectivity index is 4.15. The van der Waals surface area contributed by atoms with Crippen LogP contribution in [-0.4, -0.2) is 0 Å². The molecule has 0 aromatic heterocycles. The molecule has 0 saturated heterocycles. The van der Waals surface area contributed by atoms with E-state index in [1.165, 1.54) is 6.92 Å². The van der Waals surface area contributed by atoms with Gasteiger partial charge in [0.2, 0.25) is 0 Å². The fraction of sp³-hybridized carbons (Fsp3) is 0.400. The molecule has 0 fully saturated rings. The summed E-state index contributed by atoms with van der Waals surface area (Å²) in [5.41, 5.74) is 1.69. The zero-order valence-electron chi connectivity index (χ0n) is 7.45. The first-order valence-electron chi connectivity index (χ1n) is 3.76. The van der Waals surface area contributed by atoms with Crippen molar-refractivity contribution in [1.29, 1.82) is 0 Å². The lowest BCUT2D eigenvalue weighted by molar-refractivity contribution is 0.631. The first-order chi connectivity index (χ1) is 5.07. The number of allylic oxidation sites excluding steroid dienone is 5. The summed E-state index contributed by atoms with van der Waals surface area (Å²) >= 11 is 0. The van der Waals surface area contributed by atoms with Gasteiger partial charge in [0.15, 0.2) is 0 Å². The average Bonchev–Trinajstić information content (AvgIpc) is 1.99. The highest BCUT2D eigenvalue weighted by Gasteiger charge is 1.88. The smallest absolute Gasteiger partial charge is 0.0997 e. The van der Waals surface area contributed by atoms with E-state index in [0.717, 1.165) is 12.0 Å². The Morgan fingerprint density at radius 2 is 1.91 bits per heavy atom. The second-order valence-corrected chi connectivity index (χ2v) is 2.56. The van der Waals surface area contributed by atoms with Crippen molar-refractivity contribution in [1.82, 2.24) is 0 Å². The third-order valence-corrected chi connectivity index (χ3v) is 1.57. The average molecular weight is 154 g/mol. The molecule has 0 aliphatic rings.